The molecule has 1 aromatic heterocycles. The van der Waals surface area contributed by atoms with Gasteiger partial charge in [-0.1, -0.05) is 24.3 Å². The second kappa shape index (κ2) is 6.57. The molecule has 0 aliphatic heterocycles. The summed E-state index contributed by atoms with van der Waals surface area (Å²) < 4.78 is 7.29. The molecule has 0 amide bonds. The summed E-state index contributed by atoms with van der Waals surface area (Å²) in [6, 6.07) is 8.77. The Kier molecular flexibility index (Phi) is 4.79. The van der Waals surface area contributed by atoms with Crippen molar-refractivity contribution in [3.63, 3.8) is 0 Å². The number of nitrogens with one attached hydrogen (secondary N) is 1. The summed E-state index contributed by atoms with van der Waals surface area (Å²) in [5, 5.41) is 7.65. The number of hydrogen-bond donors (Lipinski definition) is 1. The molecule has 0 spiro atoms. The van der Waals surface area contributed by atoms with Gasteiger partial charge in [0.05, 0.1) is 25.0 Å². The fourth-order valence-corrected chi connectivity index (χ4v) is 2.59. The van der Waals surface area contributed by atoms with Gasteiger partial charge in [-0.3, -0.25) is 4.68 Å². The molecule has 0 saturated heterocycles. The molecule has 1 atom stereocenters. The fraction of sp³-hybridized carbons (Fsp3) is 0.438. The second-order valence-electron chi connectivity index (χ2n) is 5.03. The average molecular weight is 273 g/mol. The van der Waals surface area contributed by atoms with Crippen LogP contribution < -0.4 is 10.1 Å². The van der Waals surface area contributed by atoms with E-state index in [4.69, 9.17) is 4.74 Å². The summed E-state index contributed by atoms with van der Waals surface area (Å²) in [6.07, 6.45) is 3.82. The first kappa shape index (κ1) is 14.6. The number of benzene rings is 1. The predicted octanol–water partition coefficient (Wildman–Crippen LogP) is 2.63. The van der Waals surface area contributed by atoms with Gasteiger partial charge in [-0.15, -0.1) is 0 Å². The lowest BCUT2D eigenvalue weighted by Gasteiger charge is -2.18. The number of ether oxygens (including phenoxy) is 1. The summed E-state index contributed by atoms with van der Waals surface area (Å²) in [6.45, 7) is 2.16. The SMILES string of the molecule is CNC(CCc1ccccc1C)c1c(OC)cnn1C. The maximum atomic E-state index is 5.40. The molecule has 4 heteroatoms. The van der Waals surface area contributed by atoms with Crippen molar-refractivity contribution in [3.05, 3.63) is 47.3 Å². The van der Waals surface area contributed by atoms with Crippen LogP contribution in [0.2, 0.25) is 0 Å². The van der Waals surface area contributed by atoms with E-state index in [1.165, 1.54) is 11.1 Å². The van der Waals surface area contributed by atoms with Crippen LogP contribution in [0.3, 0.4) is 0 Å². The molecule has 2 aromatic rings. The van der Waals surface area contributed by atoms with Crippen LogP contribution in [-0.2, 0) is 13.5 Å². The molecule has 0 fully saturated rings. The van der Waals surface area contributed by atoms with Crippen molar-refractivity contribution < 1.29 is 4.74 Å². The van der Waals surface area contributed by atoms with Crippen molar-refractivity contribution in [2.45, 2.75) is 25.8 Å². The first-order valence-electron chi connectivity index (χ1n) is 6.95. The molecule has 0 radical (unpaired) electrons. The number of rotatable bonds is 6. The van der Waals surface area contributed by atoms with Gasteiger partial charge in [0.25, 0.3) is 0 Å². The Balaban J connectivity index is 2.13. The lowest BCUT2D eigenvalue weighted by molar-refractivity contribution is 0.393. The molecule has 0 aliphatic rings. The Bertz CT molecular complexity index is 563. The van der Waals surface area contributed by atoms with Crippen molar-refractivity contribution in [2.75, 3.05) is 14.2 Å². The maximum absolute atomic E-state index is 5.40. The Labute approximate surface area is 120 Å². The molecule has 1 unspecified atom stereocenters. The molecule has 108 valence electrons. The van der Waals surface area contributed by atoms with E-state index in [1.54, 1.807) is 13.3 Å². The minimum absolute atomic E-state index is 0.233. The number of aryl methyl sites for hydroxylation is 3. The lowest BCUT2D eigenvalue weighted by Crippen LogP contribution is -2.21. The molecule has 1 N–H and O–H groups in total. The van der Waals surface area contributed by atoms with Crippen molar-refractivity contribution in [1.82, 2.24) is 15.1 Å². The summed E-state index contributed by atoms with van der Waals surface area (Å²) >= 11 is 0. The summed E-state index contributed by atoms with van der Waals surface area (Å²) in [5.41, 5.74) is 3.84. The van der Waals surface area contributed by atoms with Gasteiger partial charge < -0.3 is 10.1 Å². The van der Waals surface area contributed by atoms with Crippen LogP contribution in [0.1, 0.15) is 29.3 Å². The quantitative estimate of drug-likeness (QED) is 0.879. The predicted molar refractivity (Wildman–Crippen MR) is 81.1 cm³/mol. The van der Waals surface area contributed by atoms with Crippen molar-refractivity contribution >= 4 is 0 Å². The van der Waals surface area contributed by atoms with Crippen LogP contribution in [0.15, 0.2) is 30.5 Å². The minimum Gasteiger partial charge on any atom is -0.493 e. The van der Waals surface area contributed by atoms with Crippen LogP contribution >= 0.6 is 0 Å². The van der Waals surface area contributed by atoms with Crippen LogP contribution in [0.4, 0.5) is 0 Å². The number of aromatic nitrogens is 2. The second-order valence-corrected chi connectivity index (χ2v) is 5.03. The molecule has 1 aromatic carbocycles. The Morgan fingerprint density at radius 1 is 1.35 bits per heavy atom. The highest BCUT2D eigenvalue weighted by Gasteiger charge is 2.19. The average Bonchev–Trinajstić information content (AvgIpc) is 2.83. The molecule has 20 heavy (non-hydrogen) atoms. The maximum Gasteiger partial charge on any atom is 0.161 e. The van der Waals surface area contributed by atoms with Gasteiger partial charge in [0, 0.05) is 7.05 Å². The molecular weight excluding hydrogens is 250 g/mol. The third kappa shape index (κ3) is 3.02. The lowest BCUT2D eigenvalue weighted by atomic mass is 9.99. The number of nitrogens with zero attached hydrogens (tertiary/aromatic N) is 2. The number of methoxy groups -OCH3 is 1. The molecule has 0 bridgehead atoms. The minimum atomic E-state index is 0.233. The first-order chi connectivity index (χ1) is 9.67. The Morgan fingerprint density at radius 3 is 2.75 bits per heavy atom. The molecule has 2 rings (SSSR count). The highest BCUT2D eigenvalue weighted by Crippen LogP contribution is 2.27. The van der Waals surface area contributed by atoms with Gasteiger partial charge in [0.2, 0.25) is 0 Å². The van der Waals surface area contributed by atoms with Gasteiger partial charge in [0.15, 0.2) is 5.75 Å². The van der Waals surface area contributed by atoms with Crippen LogP contribution in [-0.4, -0.2) is 23.9 Å². The summed E-state index contributed by atoms with van der Waals surface area (Å²) in [4.78, 5) is 0. The zero-order valence-corrected chi connectivity index (χ0v) is 12.7. The third-order valence-corrected chi connectivity index (χ3v) is 3.81. The summed E-state index contributed by atoms with van der Waals surface area (Å²) in [5.74, 6) is 0.844. The number of hydrogen-bond acceptors (Lipinski definition) is 3. The monoisotopic (exact) mass is 273 g/mol. The molecular formula is C16H23N3O. The van der Waals surface area contributed by atoms with E-state index in [0.29, 0.717) is 0 Å². The smallest absolute Gasteiger partial charge is 0.161 e. The summed E-state index contributed by atoms with van der Waals surface area (Å²) in [7, 11) is 5.62. The highest BCUT2D eigenvalue weighted by molar-refractivity contribution is 5.29. The van der Waals surface area contributed by atoms with E-state index in [0.717, 1.165) is 24.3 Å². The molecule has 1 heterocycles. The Hall–Kier alpha value is -1.81. The van der Waals surface area contributed by atoms with Gasteiger partial charge in [-0.05, 0) is 37.9 Å². The standard InChI is InChI=1S/C16H23N3O/c1-12-7-5-6-8-13(12)9-10-14(17-2)16-15(20-4)11-18-19(16)3/h5-8,11,14,17H,9-10H2,1-4H3. The first-order valence-corrected chi connectivity index (χ1v) is 6.95. The zero-order valence-electron chi connectivity index (χ0n) is 12.7. The van der Waals surface area contributed by atoms with Gasteiger partial charge in [0.1, 0.15) is 0 Å². The van der Waals surface area contributed by atoms with Crippen molar-refractivity contribution in [3.8, 4) is 5.75 Å². The van der Waals surface area contributed by atoms with E-state index in [-0.39, 0.29) is 6.04 Å². The van der Waals surface area contributed by atoms with E-state index in [9.17, 15) is 0 Å². The van der Waals surface area contributed by atoms with Crippen molar-refractivity contribution in [2.24, 2.45) is 7.05 Å². The topological polar surface area (TPSA) is 39.1 Å². The van der Waals surface area contributed by atoms with Crippen LogP contribution in [0, 0.1) is 6.92 Å². The van der Waals surface area contributed by atoms with Gasteiger partial charge >= 0.3 is 0 Å². The van der Waals surface area contributed by atoms with E-state index >= 15 is 0 Å². The van der Waals surface area contributed by atoms with Crippen LogP contribution in [0.5, 0.6) is 5.75 Å². The highest BCUT2D eigenvalue weighted by atomic mass is 16.5. The normalized spacial score (nSPS) is 12.4. The van der Waals surface area contributed by atoms with Gasteiger partial charge in [-0.25, -0.2) is 0 Å². The molecule has 0 aliphatic carbocycles. The third-order valence-electron chi connectivity index (χ3n) is 3.81. The fourth-order valence-electron chi connectivity index (χ4n) is 2.59. The van der Waals surface area contributed by atoms with Crippen LogP contribution in [0.25, 0.3) is 0 Å². The zero-order chi connectivity index (χ0) is 14.5. The molecule has 0 saturated carbocycles. The van der Waals surface area contributed by atoms with E-state index in [1.807, 2.05) is 18.8 Å². The van der Waals surface area contributed by atoms with Crippen molar-refractivity contribution in [1.29, 1.82) is 0 Å². The molecule has 4 nitrogen and oxygen atoms in total. The largest absolute Gasteiger partial charge is 0.493 e. The Morgan fingerprint density at radius 2 is 2.10 bits per heavy atom. The van der Waals surface area contributed by atoms with Gasteiger partial charge in [-0.2, -0.15) is 5.10 Å². The van der Waals surface area contributed by atoms with E-state index < -0.39 is 0 Å². The van der Waals surface area contributed by atoms with E-state index in [2.05, 4.69) is 41.6 Å².